The zero-order valence-electron chi connectivity index (χ0n) is 20.5. The van der Waals surface area contributed by atoms with Gasteiger partial charge in [0, 0.05) is 13.0 Å². The fourth-order valence-corrected chi connectivity index (χ4v) is 5.91. The Labute approximate surface area is 232 Å². The van der Waals surface area contributed by atoms with Crippen molar-refractivity contribution >= 4 is 50.0 Å². The molecule has 9 heteroatoms. The van der Waals surface area contributed by atoms with Gasteiger partial charge in [-0.2, -0.15) is 4.21 Å². The lowest BCUT2D eigenvalue weighted by atomic mass is 10.0. The number of para-hydroxylation sites is 6. The second kappa shape index (κ2) is 10.4. The normalized spacial score (nSPS) is 14.8. The van der Waals surface area contributed by atoms with Crippen LogP contribution in [0.2, 0.25) is 0 Å². The van der Waals surface area contributed by atoms with Gasteiger partial charge in [-0.15, -0.1) is 0 Å². The number of hydrogen-bond donors (Lipinski definition) is 1. The van der Waals surface area contributed by atoms with E-state index in [0.717, 1.165) is 50.7 Å². The standard InChI is InChI=1S/C29H25BrN2O5S/c1-2-19-9-7-16-26-28(19)32(22-12-4-6-15-25(22)35-26)27(37-38(33)34)17-18-31-21-11-3-5-14-24(21)36-29-20(30)10-8-13-23(29)31/h3-16,27H,2,17-18H2,1H3,(H,33,34). The van der Waals surface area contributed by atoms with Gasteiger partial charge in [-0.1, -0.05) is 49.4 Å². The van der Waals surface area contributed by atoms with Crippen LogP contribution in [0, 0.1) is 0 Å². The molecular formula is C29H25BrN2O5S. The molecule has 6 rings (SSSR count). The molecule has 0 saturated heterocycles. The number of nitrogens with zero attached hydrogens (tertiary/aromatic N) is 2. The first-order valence-corrected chi connectivity index (χ1v) is 14.2. The van der Waals surface area contributed by atoms with Gasteiger partial charge in [0.2, 0.25) is 0 Å². The van der Waals surface area contributed by atoms with E-state index >= 15 is 0 Å². The Morgan fingerprint density at radius 2 is 1.53 bits per heavy atom. The lowest BCUT2D eigenvalue weighted by molar-refractivity contribution is 0.198. The minimum Gasteiger partial charge on any atom is -0.453 e. The summed E-state index contributed by atoms with van der Waals surface area (Å²) in [7, 11) is 0. The van der Waals surface area contributed by atoms with Crippen LogP contribution in [0.1, 0.15) is 18.9 Å². The predicted molar refractivity (Wildman–Crippen MR) is 152 cm³/mol. The van der Waals surface area contributed by atoms with Crippen LogP contribution in [0.5, 0.6) is 23.0 Å². The summed E-state index contributed by atoms with van der Waals surface area (Å²) in [5, 5.41) is 0. The molecule has 0 fully saturated rings. The van der Waals surface area contributed by atoms with Gasteiger partial charge in [-0.25, -0.2) is 4.18 Å². The van der Waals surface area contributed by atoms with Gasteiger partial charge in [-0.3, -0.25) is 4.55 Å². The maximum Gasteiger partial charge on any atom is 0.304 e. The molecule has 1 N–H and O–H groups in total. The quantitative estimate of drug-likeness (QED) is 0.217. The summed E-state index contributed by atoms with van der Waals surface area (Å²) >= 11 is 1.12. The van der Waals surface area contributed by atoms with Crippen LogP contribution in [-0.4, -0.2) is 21.5 Å². The SMILES string of the molecule is CCc1cccc2c1N(C(CCN1c3ccccc3Oc3c(Br)cccc31)OS(=O)O)c1ccccc1O2. The molecule has 0 aliphatic carbocycles. The lowest BCUT2D eigenvalue weighted by Crippen LogP contribution is -2.39. The zero-order valence-corrected chi connectivity index (χ0v) is 22.9. The van der Waals surface area contributed by atoms with Crippen molar-refractivity contribution in [1.29, 1.82) is 0 Å². The molecule has 0 bridgehead atoms. The van der Waals surface area contributed by atoms with E-state index in [2.05, 4.69) is 27.8 Å². The molecule has 0 aromatic heterocycles. The average Bonchev–Trinajstić information content (AvgIpc) is 2.93. The largest absolute Gasteiger partial charge is 0.453 e. The predicted octanol–water partition coefficient (Wildman–Crippen LogP) is 8.07. The van der Waals surface area contributed by atoms with Crippen molar-refractivity contribution in [3.05, 3.63) is 95.0 Å². The van der Waals surface area contributed by atoms with Crippen LogP contribution in [0.15, 0.2) is 89.4 Å². The van der Waals surface area contributed by atoms with Crippen LogP contribution in [-0.2, 0) is 22.0 Å². The summed E-state index contributed by atoms with van der Waals surface area (Å²) in [4.78, 5) is 4.16. The fraction of sp³-hybridized carbons (Fsp3) is 0.172. The molecule has 0 saturated carbocycles. The molecule has 2 unspecified atom stereocenters. The highest BCUT2D eigenvalue weighted by molar-refractivity contribution is 9.10. The third-order valence-corrected chi connectivity index (χ3v) is 7.75. The Bertz CT molecular complexity index is 1530. The van der Waals surface area contributed by atoms with Crippen LogP contribution in [0.3, 0.4) is 0 Å². The highest BCUT2D eigenvalue weighted by Crippen LogP contribution is 2.52. The minimum atomic E-state index is -2.49. The second-order valence-corrected chi connectivity index (χ2v) is 10.4. The van der Waals surface area contributed by atoms with Crippen molar-refractivity contribution in [3.63, 3.8) is 0 Å². The van der Waals surface area contributed by atoms with Crippen molar-refractivity contribution < 1.29 is 22.4 Å². The van der Waals surface area contributed by atoms with E-state index in [1.54, 1.807) is 0 Å². The third-order valence-electron chi connectivity index (χ3n) is 6.74. The van der Waals surface area contributed by atoms with Gasteiger partial charge >= 0.3 is 11.4 Å². The highest BCUT2D eigenvalue weighted by atomic mass is 79.9. The molecule has 194 valence electrons. The summed E-state index contributed by atoms with van der Waals surface area (Å²) in [6, 6.07) is 27.3. The van der Waals surface area contributed by atoms with Crippen molar-refractivity contribution in [2.75, 3.05) is 16.3 Å². The highest BCUT2D eigenvalue weighted by Gasteiger charge is 2.35. The van der Waals surface area contributed by atoms with E-state index in [4.69, 9.17) is 13.7 Å². The first-order chi connectivity index (χ1) is 18.5. The molecule has 2 aliphatic rings. The van der Waals surface area contributed by atoms with E-state index in [1.165, 1.54) is 0 Å². The van der Waals surface area contributed by atoms with Crippen LogP contribution >= 0.6 is 15.9 Å². The smallest absolute Gasteiger partial charge is 0.304 e. The zero-order chi connectivity index (χ0) is 26.2. The van der Waals surface area contributed by atoms with Crippen molar-refractivity contribution in [2.45, 2.75) is 26.0 Å². The summed E-state index contributed by atoms with van der Waals surface area (Å²) in [6.45, 7) is 2.57. The fourth-order valence-electron chi connectivity index (χ4n) is 5.10. The van der Waals surface area contributed by atoms with E-state index in [9.17, 15) is 8.76 Å². The van der Waals surface area contributed by atoms with Gasteiger partial charge < -0.3 is 19.3 Å². The minimum absolute atomic E-state index is 0.401. The van der Waals surface area contributed by atoms with Crippen molar-refractivity contribution in [2.24, 2.45) is 0 Å². The number of fused-ring (bicyclic) bond motifs is 4. The molecule has 2 heterocycles. The van der Waals surface area contributed by atoms with E-state index in [1.807, 2.05) is 89.8 Å². The average molecular weight is 593 g/mol. The molecule has 38 heavy (non-hydrogen) atoms. The Morgan fingerprint density at radius 3 is 2.29 bits per heavy atom. The topological polar surface area (TPSA) is 71.5 Å². The molecule has 0 amide bonds. The summed E-state index contributed by atoms with van der Waals surface area (Å²) < 4.78 is 41.1. The Hall–Kier alpha value is -3.37. The number of rotatable bonds is 7. The molecule has 2 aliphatic heterocycles. The maximum absolute atomic E-state index is 12.1. The number of anilines is 4. The van der Waals surface area contributed by atoms with E-state index in [-0.39, 0.29) is 0 Å². The molecule has 0 spiro atoms. The number of benzene rings is 4. The second-order valence-electron chi connectivity index (χ2n) is 8.92. The first kappa shape index (κ1) is 24.9. The molecule has 2 atom stereocenters. The van der Waals surface area contributed by atoms with E-state index in [0.29, 0.717) is 24.5 Å². The Morgan fingerprint density at radius 1 is 0.868 bits per heavy atom. The summed E-state index contributed by atoms with van der Waals surface area (Å²) in [5.74, 6) is 2.82. The number of halogens is 1. The van der Waals surface area contributed by atoms with Gasteiger partial charge in [0.15, 0.2) is 29.2 Å². The first-order valence-electron chi connectivity index (χ1n) is 12.3. The number of aryl methyl sites for hydroxylation is 1. The molecule has 4 aromatic carbocycles. The van der Waals surface area contributed by atoms with Crippen LogP contribution in [0.25, 0.3) is 0 Å². The summed E-state index contributed by atoms with van der Waals surface area (Å²) in [5.41, 5.74) is 4.50. The van der Waals surface area contributed by atoms with Gasteiger partial charge in [0.25, 0.3) is 0 Å². The van der Waals surface area contributed by atoms with Crippen molar-refractivity contribution in [1.82, 2.24) is 0 Å². The van der Waals surface area contributed by atoms with Crippen LogP contribution in [0.4, 0.5) is 22.7 Å². The van der Waals surface area contributed by atoms with Gasteiger partial charge in [-0.05, 0) is 70.4 Å². The van der Waals surface area contributed by atoms with Gasteiger partial charge in [0.1, 0.15) is 0 Å². The summed E-state index contributed by atoms with van der Waals surface area (Å²) in [6.07, 6.45) is 0.402. The number of ether oxygens (including phenoxy) is 2. The molecular weight excluding hydrogens is 568 g/mol. The monoisotopic (exact) mass is 592 g/mol. The van der Waals surface area contributed by atoms with Crippen molar-refractivity contribution in [3.8, 4) is 23.0 Å². The molecule has 0 radical (unpaired) electrons. The Balaban J connectivity index is 1.42. The lowest BCUT2D eigenvalue weighted by Gasteiger charge is -2.40. The Kier molecular flexibility index (Phi) is 6.84. The molecule has 7 nitrogen and oxygen atoms in total. The molecule has 4 aromatic rings. The third kappa shape index (κ3) is 4.45. The number of hydrogen-bond acceptors (Lipinski definition) is 6. The van der Waals surface area contributed by atoms with Gasteiger partial charge in [0.05, 0.1) is 27.2 Å². The van der Waals surface area contributed by atoms with Crippen LogP contribution < -0.4 is 19.3 Å². The van der Waals surface area contributed by atoms with E-state index < -0.39 is 17.6 Å². The maximum atomic E-state index is 12.1.